The van der Waals surface area contributed by atoms with Crippen molar-refractivity contribution in [1.29, 1.82) is 0 Å². The van der Waals surface area contributed by atoms with Crippen LogP contribution >= 0.6 is 11.3 Å². The number of fused-ring (bicyclic) bond motifs is 1. The highest BCUT2D eigenvalue weighted by atomic mass is 32.1. The molecule has 2 aromatic rings. The highest BCUT2D eigenvalue weighted by molar-refractivity contribution is 7.10. The predicted molar refractivity (Wildman–Crippen MR) is 84.9 cm³/mol. The van der Waals surface area contributed by atoms with Crippen LogP contribution in [0.3, 0.4) is 0 Å². The van der Waals surface area contributed by atoms with Crippen molar-refractivity contribution in [1.82, 2.24) is 15.1 Å². The first-order chi connectivity index (χ1) is 10.2. The summed E-state index contributed by atoms with van der Waals surface area (Å²) in [7, 11) is 0. The lowest BCUT2D eigenvalue weighted by atomic mass is 9.96. The van der Waals surface area contributed by atoms with E-state index in [0.717, 1.165) is 31.4 Å². The van der Waals surface area contributed by atoms with E-state index in [0.29, 0.717) is 6.54 Å². The first kappa shape index (κ1) is 14.3. The van der Waals surface area contributed by atoms with Crippen molar-refractivity contribution in [3.05, 3.63) is 39.3 Å². The van der Waals surface area contributed by atoms with Crippen LogP contribution in [0.15, 0.2) is 17.8 Å². The summed E-state index contributed by atoms with van der Waals surface area (Å²) >= 11 is 1.74. The standard InChI is InChI=1S/C16H21N3OS/c1-12-9-18-19(10-12)8-4-7-17-16(20)14-11-21-15-6-3-2-5-13(14)15/h9-11H,2-8H2,1H3,(H,17,20). The highest BCUT2D eigenvalue weighted by Gasteiger charge is 2.19. The first-order valence-corrected chi connectivity index (χ1v) is 8.48. The Morgan fingerprint density at radius 3 is 3.10 bits per heavy atom. The number of rotatable bonds is 5. The molecule has 0 fully saturated rings. The molecule has 1 aliphatic carbocycles. The van der Waals surface area contributed by atoms with Crippen molar-refractivity contribution in [3.63, 3.8) is 0 Å². The Hall–Kier alpha value is -1.62. The summed E-state index contributed by atoms with van der Waals surface area (Å²) in [5.41, 5.74) is 3.38. The van der Waals surface area contributed by atoms with Gasteiger partial charge in [0, 0.05) is 29.5 Å². The molecule has 0 unspecified atom stereocenters. The van der Waals surface area contributed by atoms with Gasteiger partial charge in [0.25, 0.3) is 5.91 Å². The molecular formula is C16H21N3OS. The van der Waals surface area contributed by atoms with E-state index < -0.39 is 0 Å². The molecule has 1 N–H and O–H groups in total. The highest BCUT2D eigenvalue weighted by Crippen LogP contribution is 2.30. The third-order valence-corrected chi connectivity index (χ3v) is 5.01. The van der Waals surface area contributed by atoms with Gasteiger partial charge in [0.15, 0.2) is 0 Å². The van der Waals surface area contributed by atoms with Gasteiger partial charge < -0.3 is 5.32 Å². The number of carbonyl (C=O) groups excluding carboxylic acids is 1. The largest absolute Gasteiger partial charge is 0.352 e. The van der Waals surface area contributed by atoms with E-state index in [9.17, 15) is 4.79 Å². The summed E-state index contributed by atoms with van der Waals surface area (Å²) in [6.45, 7) is 3.57. The summed E-state index contributed by atoms with van der Waals surface area (Å²) in [6.07, 6.45) is 9.47. The summed E-state index contributed by atoms with van der Waals surface area (Å²) in [6, 6.07) is 0. The zero-order chi connectivity index (χ0) is 14.7. The van der Waals surface area contributed by atoms with Gasteiger partial charge in [0.1, 0.15) is 0 Å². The van der Waals surface area contributed by atoms with Gasteiger partial charge in [0.05, 0.1) is 11.8 Å². The monoisotopic (exact) mass is 303 g/mol. The minimum absolute atomic E-state index is 0.0889. The fourth-order valence-electron chi connectivity index (χ4n) is 2.81. The van der Waals surface area contributed by atoms with Crippen molar-refractivity contribution in [2.75, 3.05) is 6.54 Å². The van der Waals surface area contributed by atoms with Gasteiger partial charge in [-0.15, -0.1) is 11.3 Å². The minimum atomic E-state index is 0.0889. The second kappa shape index (κ2) is 6.43. The van der Waals surface area contributed by atoms with Gasteiger partial charge in [-0.25, -0.2) is 0 Å². The normalized spacial score (nSPS) is 14.0. The minimum Gasteiger partial charge on any atom is -0.352 e. The maximum Gasteiger partial charge on any atom is 0.252 e. The Morgan fingerprint density at radius 1 is 1.43 bits per heavy atom. The van der Waals surface area contributed by atoms with E-state index >= 15 is 0 Å². The number of aryl methyl sites for hydroxylation is 3. The van der Waals surface area contributed by atoms with Gasteiger partial charge in [-0.1, -0.05) is 0 Å². The topological polar surface area (TPSA) is 46.9 Å². The summed E-state index contributed by atoms with van der Waals surface area (Å²) in [5, 5.41) is 9.31. The smallest absolute Gasteiger partial charge is 0.252 e. The molecule has 0 bridgehead atoms. The third-order valence-electron chi connectivity index (χ3n) is 3.92. The summed E-state index contributed by atoms with van der Waals surface area (Å²) in [5.74, 6) is 0.0889. The Bertz CT molecular complexity index is 629. The molecule has 21 heavy (non-hydrogen) atoms. The molecular weight excluding hydrogens is 282 g/mol. The van der Waals surface area contributed by atoms with E-state index in [1.807, 2.05) is 29.4 Å². The third kappa shape index (κ3) is 3.35. The summed E-state index contributed by atoms with van der Waals surface area (Å²) in [4.78, 5) is 13.7. The maximum atomic E-state index is 12.3. The Balaban J connectivity index is 1.49. The molecule has 0 aromatic carbocycles. The molecule has 2 aromatic heterocycles. The van der Waals surface area contributed by atoms with Gasteiger partial charge in [-0.3, -0.25) is 9.48 Å². The lowest BCUT2D eigenvalue weighted by Crippen LogP contribution is -2.26. The van der Waals surface area contributed by atoms with Crippen molar-refractivity contribution < 1.29 is 4.79 Å². The Morgan fingerprint density at radius 2 is 2.29 bits per heavy atom. The average molecular weight is 303 g/mol. The van der Waals surface area contributed by atoms with Crippen LogP contribution in [-0.4, -0.2) is 22.2 Å². The molecule has 0 spiro atoms. The van der Waals surface area contributed by atoms with E-state index in [1.165, 1.54) is 28.8 Å². The second-order valence-corrected chi connectivity index (χ2v) is 6.61. The van der Waals surface area contributed by atoms with Crippen LogP contribution in [0.5, 0.6) is 0 Å². The fourth-order valence-corrected chi connectivity index (χ4v) is 3.94. The van der Waals surface area contributed by atoms with Crippen molar-refractivity contribution in [2.45, 2.75) is 45.6 Å². The zero-order valence-corrected chi connectivity index (χ0v) is 13.2. The number of amides is 1. The first-order valence-electron chi connectivity index (χ1n) is 7.60. The number of hydrogen-bond acceptors (Lipinski definition) is 3. The van der Waals surface area contributed by atoms with Crippen molar-refractivity contribution >= 4 is 17.2 Å². The number of hydrogen-bond donors (Lipinski definition) is 1. The van der Waals surface area contributed by atoms with Crippen molar-refractivity contribution in [2.24, 2.45) is 0 Å². The van der Waals surface area contributed by atoms with Gasteiger partial charge in [-0.2, -0.15) is 5.10 Å². The molecule has 1 amide bonds. The molecule has 4 nitrogen and oxygen atoms in total. The summed E-state index contributed by atoms with van der Waals surface area (Å²) < 4.78 is 1.92. The SMILES string of the molecule is Cc1cnn(CCCNC(=O)c2csc3c2CCCC3)c1. The van der Waals surface area contributed by atoms with Crippen molar-refractivity contribution in [3.8, 4) is 0 Å². The fraction of sp³-hybridized carbons (Fsp3) is 0.500. The van der Waals surface area contributed by atoms with Crippen LogP contribution in [-0.2, 0) is 19.4 Å². The molecule has 112 valence electrons. The van der Waals surface area contributed by atoms with E-state index in [2.05, 4.69) is 10.4 Å². The van der Waals surface area contributed by atoms with E-state index in [4.69, 9.17) is 0 Å². The molecule has 3 rings (SSSR count). The lowest BCUT2D eigenvalue weighted by molar-refractivity contribution is 0.0952. The zero-order valence-electron chi connectivity index (χ0n) is 12.4. The van der Waals surface area contributed by atoms with Crippen LogP contribution in [0.2, 0.25) is 0 Å². The van der Waals surface area contributed by atoms with Gasteiger partial charge in [0.2, 0.25) is 0 Å². The molecule has 0 atom stereocenters. The van der Waals surface area contributed by atoms with Gasteiger partial charge in [-0.05, 0) is 50.2 Å². The maximum absolute atomic E-state index is 12.3. The van der Waals surface area contributed by atoms with Crippen LogP contribution in [0.25, 0.3) is 0 Å². The van der Waals surface area contributed by atoms with Crippen LogP contribution in [0, 0.1) is 6.92 Å². The second-order valence-electron chi connectivity index (χ2n) is 5.65. The number of thiophene rings is 1. The molecule has 0 saturated carbocycles. The molecule has 0 saturated heterocycles. The van der Waals surface area contributed by atoms with Gasteiger partial charge >= 0.3 is 0 Å². The van der Waals surface area contributed by atoms with Crippen LogP contribution < -0.4 is 5.32 Å². The van der Waals surface area contributed by atoms with Crippen LogP contribution in [0.4, 0.5) is 0 Å². The average Bonchev–Trinajstić information content (AvgIpc) is 3.09. The molecule has 2 heterocycles. The molecule has 1 aliphatic rings. The predicted octanol–water partition coefficient (Wildman–Crippen LogP) is 2.95. The Kier molecular flexibility index (Phi) is 4.39. The molecule has 0 aliphatic heterocycles. The molecule has 0 radical (unpaired) electrons. The number of nitrogens with zero attached hydrogens (tertiary/aromatic N) is 2. The lowest BCUT2D eigenvalue weighted by Gasteiger charge is -2.12. The number of carbonyl (C=O) groups is 1. The number of nitrogens with one attached hydrogen (secondary N) is 1. The van der Waals surface area contributed by atoms with E-state index in [1.54, 1.807) is 11.3 Å². The quantitative estimate of drug-likeness (QED) is 0.863. The Labute approximate surface area is 129 Å². The number of aromatic nitrogens is 2. The van der Waals surface area contributed by atoms with E-state index in [-0.39, 0.29) is 5.91 Å². The van der Waals surface area contributed by atoms with Crippen LogP contribution in [0.1, 0.15) is 45.6 Å². The molecule has 5 heteroatoms.